The summed E-state index contributed by atoms with van der Waals surface area (Å²) in [5.74, 6) is 0. The first-order valence-corrected chi connectivity index (χ1v) is 10.3. The Morgan fingerprint density at radius 2 is 1.54 bits per heavy atom. The van der Waals surface area contributed by atoms with Crippen molar-refractivity contribution in [2.24, 2.45) is 0 Å². The highest BCUT2D eigenvalue weighted by Gasteiger charge is 2.41. The van der Waals surface area contributed by atoms with Crippen LogP contribution in [0, 0.1) is 0 Å². The molecule has 0 saturated heterocycles. The Labute approximate surface area is 158 Å². The van der Waals surface area contributed by atoms with Crippen molar-refractivity contribution in [2.75, 3.05) is 14.1 Å². The second-order valence-electron chi connectivity index (χ2n) is 6.90. The summed E-state index contributed by atoms with van der Waals surface area (Å²) >= 11 is 5.89. The highest BCUT2D eigenvalue weighted by Crippen LogP contribution is 2.43. The monoisotopic (exact) mass is 387 g/mol. The van der Waals surface area contributed by atoms with Gasteiger partial charge in [0.2, 0.25) is 10.0 Å². The summed E-state index contributed by atoms with van der Waals surface area (Å²) in [6.45, 7) is 0. The second kappa shape index (κ2) is 6.35. The fraction of sp³-hybridized carbons (Fsp3) is 0.200. The van der Waals surface area contributed by atoms with E-state index in [0.717, 1.165) is 16.3 Å². The lowest BCUT2D eigenvalue weighted by Gasteiger charge is -2.25. The molecule has 134 valence electrons. The molecular weight excluding hydrogens is 368 g/mol. The van der Waals surface area contributed by atoms with E-state index < -0.39 is 10.0 Å². The van der Waals surface area contributed by atoms with E-state index in [4.69, 9.17) is 11.6 Å². The number of benzene rings is 3. The van der Waals surface area contributed by atoms with E-state index in [1.807, 2.05) is 18.2 Å². The quantitative estimate of drug-likeness (QED) is 0.723. The number of sulfonamides is 1. The average molecular weight is 388 g/mol. The molecule has 0 radical (unpaired) electrons. The molecule has 2 atom stereocenters. The first-order valence-electron chi connectivity index (χ1n) is 8.48. The van der Waals surface area contributed by atoms with Gasteiger partial charge in [0.05, 0.1) is 19.0 Å². The van der Waals surface area contributed by atoms with E-state index in [1.54, 1.807) is 12.1 Å². The molecule has 26 heavy (non-hydrogen) atoms. The summed E-state index contributed by atoms with van der Waals surface area (Å²) in [4.78, 5) is 1.40. The van der Waals surface area contributed by atoms with Crippen LogP contribution in [0.3, 0.4) is 0 Å². The average Bonchev–Trinajstić information content (AvgIpc) is 2.91. The van der Waals surface area contributed by atoms with Crippen molar-refractivity contribution in [1.29, 1.82) is 0 Å². The van der Waals surface area contributed by atoms with E-state index in [0.29, 0.717) is 5.02 Å². The molecule has 0 unspecified atom stereocenters. The molecule has 4 nitrogen and oxygen atoms in total. The molecule has 0 heterocycles. The molecule has 0 aromatic heterocycles. The van der Waals surface area contributed by atoms with Crippen LogP contribution in [0.15, 0.2) is 65.6 Å². The lowest BCUT2D eigenvalue weighted by molar-refractivity contribution is -0.894. The van der Waals surface area contributed by atoms with Crippen LogP contribution in [0.4, 0.5) is 0 Å². The van der Waals surface area contributed by atoms with Gasteiger partial charge in [-0.1, -0.05) is 48.0 Å². The van der Waals surface area contributed by atoms with E-state index in [-0.39, 0.29) is 17.0 Å². The van der Waals surface area contributed by atoms with Crippen molar-refractivity contribution in [2.45, 2.75) is 17.0 Å². The van der Waals surface area contributed by atoms with Crippen molar-refractivity contribution in [3.8, 4) is 0 Å². The number of hydrogen-bond acceptors (Lipinski definition) is 2. The predicted octanol–water partition coefficient (Wildman–Crippen LogP) is 2.71. The van der Waals surface area contributed by atoms with Crippen molar-refractivity contribution >= 4 is 32.4 Å². The minimum absolute atomic E-state index is 0.0122. The van der Waals surface area contributed by atoms with Gasteiger partial charge in [0.25, 0.3) is 0 Å². The number of rotatable bonds is 4. The molecule has 3 aromatic carbocycles. The van der Waals surface area contributed by atoms with E-state index in [1.165, 1.54) is 22.6 Å². The minimum atomic E-state index is -3.66. The van der Waals surface area contributed by atoms with Gasteiger partial charge in [-0.15, -0.1) is 0 Å². The Morgan fingerprint density at radius 1 is 0.923 bits per heavy atom. The van der Waals surface area contributed by atoms with Crippen LogP contribution in [0.2, 0.25) is 5.02 Å². The van der Waals surface area contributed by atoms with Crippen LogP contribution in [0.5, 0.6) is 0 Å². The molecule has 0 amide bonds. The third-order valence-electron chi connectivity index (χ3n) is 5.00. The lowest BCUT2D eigenvalue weighted by atomic mass is 10.0. The van der Waals surface area contributed by atoms with E-state index >= 15 is 0 Å². The molecule has 0 fully saturated rings. The third-order valence-corrected chi connectivity index (χ3v) is 6.71. The number of halogens is 1. The van der Waals surface area contributed by atoms with Crippen LogP contribution in [0.1, 0.15) is 23.2 Å². The predicted molar refractivity (Wildman–Crippen MR) is 104 cm³/mol. The molecular formula is C20H20ClN2O2S+. The summed E-state index contributed by atoms with van der Waals surface area (Å²) in [5, 5.41) is 2.81. The highest BCUT2D eigenvalue weighted by molar-refractivity contribution is 7.89. The molecule has 0 aliphatic heterocycles. The van der Waals surface area contributed by atoms with Gasteiger partial charge in [-0.2, -0.15) is 4.72 Å². The van der Waals surface area contributed by atoms with Gasteiger partial charge in [-0.3, -0.25) is 0 Å². The molecule has 2 N–H and O–H groups in total. The van der Waals surface area contributed by atoms with Crippen LogP contribution in [-0.4, -0.2) is 22.5 Å². The fourth-order valence-corrected chi connectivity index (χ4v) is 5.26. The van der Waals surface area contributed by atoms with Crippen molar-refractivity contribution < 1.29 is 13.3 Å². The standard InChI is InChI=1S/C20H19ClN2O2S/c1-23(2)20-17-8-4-6-13-5-3-7-16(18(13)17)19(20)22-26(24,25)15-11-9-14(21)10-12-15/h3-12,19-20,22H,1-2H3/p+1/t19-,20-/m1/s1. The maximum absolute atomic E-state index is 13.0. The van der Waals surface area contributed by atoms with E-state index in [2.05, 4.69) is 37.0 Å². The Bertz CT molecular complexity index is 1070. The van der Waals surface area contributed by atoms with Crippen LogP contribution >= 0.6 is 11.6 Å². The van der Waals surface area contributed by atoms with Gasteiger partial charge in [0.15, 0.2) is 0 Å². The Balaban J connectivity index is 1.81. The SMILES string of the molecule is C[NH+](C)[C@@H]1c2cccc3cccc(c23)[C@H]1NS(=O)(=O)c1ccc(Cl)cc1. The minimum Gasteiger partial charge on any atom is -0.332 e. The summed E-state index contributed by atoms with van der Waals surface area (Å²) in [6, 6.07) is 18.2. The van der Waals surface area contributed by atoms with Gasteiger partial charge >= 0.3 is 0 Å². The van der Waals surface area contributed by atoms with Gasteiger partial charge in [0.1, 0.15) is 12.1 Å². The van der Waals surface area contributed by atoms with Crippen molar-refractivity contribution in [3.05, 3.63) is 76.8 Å². The zero-order valence-electron chi connectivity index (χ0n) is 14.5. The fourth-order valence-electron chi connectivity index (χ4n) is 3.90. The smallest absolute Gasteiger partial charge is 0.241 e. The van der Waals surface area contributed by atoms with E-state index in [9.17, 15) is 8.42 Å². The molecule has 0 spiro atoms. The van der Waals surface area contributed by atoms with Crippen LogP contribution in [-0.2, 0) is 10.0 Å². The molecule has 0 saturated carbocycles. The van der Waals surface area contributed by atoms with Crippen molar-refractivity contribution in [1.82, 2.24) is 4.72 Å². The Hall–Kier alpha value is -1.92. The van der Waals surface area contributed by atoms with Crippen LogP contribution < -0.4 is 9.62 Å². The van der Waals surface area contributed by atoms with Gasteiger partial charge in [-0.05, 0) is 40.6 Å². The highest BCUT2D eigenvalue weighted by atomic mass is 35.5. The Kier molecular flexibility index (Phi) is 4.28. The Morgan fingerprint density at radius 3 is 2.15 bits per heavy atom. The summed E-state index contributed by atoms with van der Waals surface area (Å²) in [5.41, 5.74) is 2.21. The number of nitrogens with one attached hydrogen (secondary N) is 2. The summed E-state index contributed by atoms with van der Waals surface area (Å²) in [6.07, 6.45) is 0. The van der Waals surface area contributed by atoms with Gasteiger partial charge < -0.3 is 4.90 Å². The molecule has 1 aliphatic carbocycles. The molecule has 0 bridgehead atoms. The summed E-state index contributed by atoms with van der Waals surface area (Å²) < 4.78 is 28.9. The van der Waals surface area contributed by atoms with Crippen molar-refractivity contribution in [3.63, 3.8) is 0 Å². The van der Waals surface area contributed by atoms with Gasteiger partial charge in [-0.25, -0.2) is 8.42 Å². The normalized spacial score (nSPS) is 19.4. The van der Waals surface area contributed by atoms with Gasteiger partial charge in [0, 0.05) is 10.6 Å². The molecule has 4 rings (SSSR count). The lowest BCUT2D eigenvalue weighted by Crippen LogP contribution is -3.06. The maximum Gasteiger partial charge on any atom is 0.241 e. The first kappa shape index (κ1) is 17.5. The van der Waals surface area contributed by atoms with Crippen LogP contribution in [0.25, 0.3) is 10.8 Å². The molecule has 3 aromatic rings. The number of hydrogen-bond donors (Lipinski definition) is 2. The topological polar surface area (TPSA) is 50.6 Å². The second-order valence-corrected chi connectivity index (χ2v) is 9.05. The zero-order chi connectivity index (χ0) is 18.5. The first-order chi connectivity index (χ1) is 12.4. The number of quaternary nitrogens is 1. The third kappa shape index (κ3) is 2.81. The maximum atomic E-state index is 13.0. The molecule has 1 aliphatic rings. The molecule has 6 heteroatoms. The zero-order valence-corrected chi connectivity index (χ0v) is 16.1. The number of likely N-dealkylation sites (N-methyl/N-ethyl adjacent to an activating group) is 1. The summed E-state index contributed by atoms with van der Waals surface area (Å²) in [7, 11) is 0.446. The largest absolute Gasteiger partial charge is 0.332 e.